The van der Waals surface area contributed by atoms with Crippen molar-refractivity contribution >= 4 is 17.4 Å². The van der Waals surface area contributed by atoms with E-state index in [1.807, 2.05) is 32.9 Å². The van der Waals surface area contributed by atoms with Crippen molar-refractivity contribution in [1.29, 1.82) is 0 Å². The summed E-state index contributed by atoms with van der Waals surface area (Å²) < 4.78 is 5.12. The molecule has 0 saturated carbocycles. The van der Waals surface area contributed by atoms with Crippen LogP contribution < -0.4 is 10.6 Å². The number of nitrogens with one attached hydrogen (secondary N) is 2. The van der Waals surface area contributed by atoms with Crippen molar-refractivity contribution in [3.63, 3.8) is 0 Å². The molecule has 106 valence electrons. The van der Waals surface area contributed by atoms with Crippen LogP contribution in [0.1, 0.15) is 26.3 Å². The van der Waals surface area contributed by atoms with E-state index in [0.717, 1.165) is 13.1 Å². The van der Waals surface area contributed by atoms with Gasteiger partial charge in [0, 0.05) is 19.6 Å². The van der Waals surface area contributed by atoms with E-state index in [1.165, 1.54) is 5.56 Å². The van der Waals surface area contributed by atoms with Gasteiger partial charge in [0.25, 0.3) is 0 Å². The Morgan fingerprint density at radius 2 is 2.11 bits per heavy atom. The smallest absolute Gasteiger partial charge is 0.407 e. The van der Waals surface area contributed by atoms with Gasteiger partial charge < -0.3 is 15.4 Å². The molecule has 0 atom stereocenters. The first-order chi connectivity index (χ1) is 8.97. The molecule has 1 rings (SSSR count). The fourth-order valence-corrected chi connectivity index (χ4v) is 1.98. The van der Waals surface area contributed by atoms with Gasteiger partial charge in [-0.2, -0.15) is 11.3 Å². The lowest BCUT2D eigenvalue weighted by molar-refractivity contribution is 0.0534. The summed E-state index contributed by atoms with van der Waals surface area (Å²) >= 11 is 1.70. The lowest BCUT2D eigenvalue weighted by atomic mass is 10.2. The van der Waals surface area contributed by atoms with Gasteiger partial charge in [0.05, 0.1) is 0 Å². The van der Waals surface area contributed by atoms with Crippen molar-refractivity contribution in [3.8, 4) is 0 Å². The minimum atomic E-state index is -0.449. The number of thiophene rings is 1. The van der Waals surface area contributed by atoms with E-state index in [9.17, 15) is 4.79 Å². The van der Waals surface area contributed by atoms with Crippen LogP contribution in [0.15, 0.2) is 29.0 Å². The van der Waals surface area contributed by atoms with E-state index in [4.69, 9.17) is 4.74 Å². The molecule has 0 saturated heterocycles. The van der Waals surface area contributed by atoms with Crippen LogP contribution in [0.5, 0.6) is 0 Å². The molecular formula is C14H22N2O2S. The van der Waals surface area contributed by atoms with Crippen molar-refractivity contribution in [2.75, 3.05) is 13.1 Å². The highest BCUT2D eigenvalue weighted by molar-refractivity contribution is 7.07. The molecule has 1 heterocycles. The number of hydrogen-bond acceptors (Lipinski definition) is 4. The second kappa shape index (κ2) is 7.96. The van der Waals surface area contributed by atoms with Gasteiger partial charge in [-0.1, -0.05) is 12.2 Å². The van der Waals surface area contributed by atoms with Crippen LogP contribution in [0, 0.1) is 0 Å². The first kappa shape index (κ1) is 15.7. The Labute approximate surface area is 118 Å². The summed E-state index contributed by atoms with van der Waals surface area (Å²) in [6.45, 7) is 7.67. The van der Waals surface area contributed by atoms with Gasteiger partial charge in [0.1, 0.15) is 5.60 Å². The van der Waals surface area contributed by atoms with Crippen LogP contribution in [0.2, 0.25) is 0 Å². The van der Waals surface area contributed by atoms with Crippen molar-refractivity contribution in [2.24, 2.45) is 0 Å². The third-order valence-electron chi connectivity index (χ3n) is 2.10. The molecule has 2 N–H and O–H groups in total. The largest absolute Gasteiger partial charge is 0.444 e. The number of alkyl carbamates (subject to hydrolysis) is 1. The van der Waals surface area contributed by atoms with Crippen LogP contribution in [0.4, 0.5) is 4.79 Å². The summed E-state index contributed by atoms with van der Waals surface area (Å²) in [4.78, 5) is 11.3. The zero-order valence-electron chi connectivity index (χ0n) is 11.7. The van der Waals surface area contributed by atoms with E-state index >= 15 is 0 Å². The lowest BCUT2D eigenvalue weighted by Gasteiger charge is -2.19. The monoisotopic (exact) mass is 282 g/mol. The average Bonchev–Trinajstić information content (AvgIpc) is 2.78. The van der Waals surface area contributed by atoms with Crippen LogP contribution in [0.3, 0.4) is 0 Å². The predicted octanol–water partition coefficient (Wildman–Crippen LogP) is 2.92. The van der Waals surface area contributed by atoms with Gasteiger partial charge >= 0.3 is 6.09 Å². The molecular weight excluding hydrogens is 260 g/mol. The highest BCUT2D eigenvalue weighted by atomic mass is 32.1. The molecule has 0 radical (unpaired) electrons. The zero-order chi connectivity index (χ0) is 14.1. The van der Waals surface area contributed by atoms with Crippen molar-refractivity contribution in [2.45, 2.75) is 32.9 Å². The summed E-state index contributed by atoms with van der Waals surface area (Å²) in [6.07, 6.45) is 3.51. The van der Waals surface area contributed by atoms with Crippen molar-refractivity contribution in [1.82, 2.24) is 10.6 Å². The van der Waals surface area contributed by atoms with Crippen LogP contribution in [-0.2, 0) is 11.3 Å². The van der Waals surface area contributed by atoms with Crippen LogP contribution >= 0.6 is 11.3 Å². The first-order valence-electron chi connectivity index (χ1n) is 6.31. The third-order valence-corrected chi connectivity index (χ3v) is 2.83. The standard InChI is InChI=1S/C14H22N2O2S/c1-14(2,3)18-13(17)16-8-5-4-7-15-10-12-6-9-19-11-12/h4-6,9,11,15H,7-8,10H2,1-3H3,(H,16,17)/b5-4+. The van der Waals surface area contributed by atoms with Gasteiger partial charge in [-0.25, -0.2) is 4.79 Å². The molecule has 19 heavy (non-hydrogen) atoms. The van der Waals surface area contributed by atoms with Gasteiger partial charge in [-0.3, -0.25) is 0 Å². The Morgan fingerprint density at radius 3 is 2.74 bits per heavy atom. The first-order valence-corrected chi connectivity index (χ1v) is 7.25. The topological polar surface area (TPSA) is 50.4 Å². The van der Waals surface area contributed by atoms with Crippen molar-refractivity contribution < 1.29 is 9.53 Å². The maximum atomic E-state index is 11.3. The third kappa shape index (κ3) is 8.40. The van der Waals surface area contributed by atoms with Crippen LogP contribution in [-0.4, -0.2) is 24.8 Å². The minimum absolute atomic E-state index is 0.386. The molecule has 0 aliphatic heterocycles. The predicted molar refractivity (Wildman–Crippen MR) is 79.4 cm³/mol. The number of carbonyl (C=O) groups is 1. The second-order valence-electron chi connectivity index (χ2n) is 5.12. The van der Waals surface area contributed by atoms with E-state index < -0.39 is 5.60 Å². The molecule has 0 unspecified atom stereocenters. The Balaban J connectivity index is 2.03. The zero-order valence-corrected chi connectivity index (χ0v) is 12.5. The Kier molecular flexibility index (Phi) is 6.59. The van der Waals surface area contributed by atoms with Gasteiger partial charge in [0.2, 0.25) is 0 Å². The van der Waals surface area contributed by atoms with Gasteiger partial charge in [0.15, 0.2) is 0 Å². The van der Waals surface area contributed by atoms with Gasteiger partial charge in [-0.15, -0.1) is 0 Å². The summed E-state index contributed by atoms with van der Waals surface area (Å²) in [5.41, 5.74) is 0.848. The number of amides is 1. The minimum Gasteiger partial charge on any atom is -0.444 e. The van der Waals surface area contributed by atoms with Crippen molar-refractivity contribution in [3.05, 3.63) is 34.5 Å². The summed E-state index contributed by atoms with van der Waals surface area (Å²) in [5, 5.41) is 10.2. The molecule has 0 spiro atoms. The number of carbonyl (C=O) groups excluding carboxylic acids is 1. The highest BCUT2D eigenvalue weighted by Gasteiger charge is 2.14. The normalized spacial score (nSPS) is 11.7. The average molecular weight is 282 g/mol. The summed E-state index contributed by atoms with van der Waals surface area (Å²) in [6, 6.07) is 2.10. The molecule has 1 aromatic rings. The molecule has 0 bridgehead atoms. The van der Waals surface area contributed by atoms with E-state index in [1.54, 1.807) is 11.3 Å². The quantitative estimate of drug-likeness (QED) is 0.623. The number of rotatable bonds is 6. The maximum Gasteiger partial charge on any atom is 0.407 e. The number of hydrogen-bond donors (Lipinski definition) is 2. The summed E-state index contributed by atoms with van der Waals surface area (Å²) in [5.74, 6) is 0. The molecule has 0 aliphatic rings. The fraction of sp³-hybridized carbons (Fsp3) is 0.500. The molecule has 1 aromatic heterocycles. The van der Waals surface area contributed by atoms with E-state index in [0.29, 0.717) is 6.54 Å². The summed E-state index contributed by atoms with van der Waals surface area (Å²) in [7, 11) is 0. The Morgan fingerprint density at radius 1 is 1.37 bits per heavy atom. The molecule has 0 aliphatic carbocycles. The van der Waals surface area contributed by atoms with E-state index in [2.05, 4.69) is 27.5 Å². The second-order valence-corrected chi connectivity index (χ2v) is 5.90. The van der Waals surface area contributed by atoms with Crippen LogP contribution in [0.25, 0.3) is 0 Å². The molecule has 0 fully saturated rings. The Hall–Kier alpha value is -1.33. The molecule has 1 amide bonds. The highest BCUT2D eigenvalue weighted by Crippen LogP contribution is 2.06. The number of ether oxygens (including phenoxy) is 1. The van der Waals surface area contributed by atoms with Gasteiger partial charge in [-0.05, 0) is 43.2 Å². The lowest BCUT2D eigenvalue weighted by Crippen LogP contribution is -2.32. The maximum absolute atomic E-state index is 11.3. The Bertz CT molecular complexity index is 394. The SMILES string of the molecule is CC(C)(C)OC(=O)NC/C=C/CNCc1ccsc1. The molecule has 0 aromatic carbocycles. The molecule has 5 heteroatoms. The molecule has 4 nitrogen and oxygen atoms in total. The van der Waals surface area contributed by atoms with E-state index in [-0.39, 0.29) is 6.09 Å². The fourth-order valence-electron chi connectivity index (χ4n) is 1.32.